The summed E-state index contributed by atoms with van der Waals surface area (Å²) in [6.07, 6.45) is 5.98. The number of nitrogens with one attached hydrogen (secondary N) is 2. The summed E-state index contributed by atoms with van der Waals surface area (Å²) >= 11 is 0. The van der Waals surface area contributed by atoms with Gasteiger partial charge in [0.2, 0.25) is 5.95 Å². The van der Waals surface area contributed by atoms with Crippen LogP contribution in [-0.2, 0) is 12.8 Å². The van der Waals surface area contributed by atoms with Gasteiger partial charge in [0.15, 0.2) is 0 Å². The molecule has 144 valence electrons. The molecule has 2 aromatic carbocycles. The molecule has 0 radical (unpaired) electrons. The first-order chi connectivity index (χ1) is 13.7. The van der Waals surface area contributed by atoms with Crippen molar-refractivity contribution in [2.45, 2.75) is 33.1 Å². The molecule has 0 unspecified atom stereocenters. The standard InChI is InChI=1S/C23H26N4O/c1-3-19-13-7-9-17(2)21(19)27-22(28)20-15-25-23(26-16-20)24-14-8-12-18-10-5-4-6-11-18/h4-7,9-11,13,15-16H,3,8,12,14H2,1-2H3,(H,27,28)(H,24,25,26). The summed E-state index contributed by atoms with van der Waals surface area (Å²) in [5.74, 6) is 0.342. The molecule has 0 saturated carbocycles. The van der Waals surface area contributed by atoms with E-state index in [2.05, 4.69) is 51.8 Å². The van der Waals surface area contributed by atoms with Gasteiger partial charge in [-0.1, -0.05) is 55.5 Å². The number of benzene rings is 2. The van der Waals surface area contributed by atoms with E-state index in [1.165, 1.54) is 5.56 Å². The van der Waals surface area contributed by atoms with E-state index < -0.39 is 0 Å². The van der Waals surface area contributed by atoms with Crippen molar-refractivity contribution in [3.63, 3.8) is 0 Å². The predicted molar refractivity (Wildman–Crippen MR) is 114 cm³/mol. The SMILES string of the molecule is CCc1cccc(C)c1NC(=O)c1cnc(NCCCc2ccccc2)nc1. The third-order valence-electron chi connectivity index (χ3n) is 4.66. The van der Waals surface area contributed by atoms with Crippen LogP contribution in [-0.4, -0.2) is 22.4 Å². The summed E-state index contributed by atoms with van der Waals surface area (Å²) in [5.41, 5.74) is 4.80. The Morgan fingerprint density at radius 2 is 1.75 bits per heavy atom. The molecule has 0 saturated heterocycles. The van der Waals surface area contributed by atoms with Crippen molar-refractivity contribution in [1.29, 1.82) is 0 Å². The van der Waals surface area contributed by atoms with Gasteiger partial charge in [0.05, 0.1) is 5.56 Å². The van der Waals surface area contributed by atoms with E-state index in [0.717, 1.165) is 42.6 Å². The molecule has 3 aromatic rings. The molecule has 0 aliphatic heterocycles. The predicted octanol–water partition coefficient (Wildman–Crippen LogP) is 4.64. The number of rotatable bonds is 8. The summed E-state index contributed by atoms with van der Waals surface area (Å²) in [5, 5.41) is 6.20. The van der Waals surface area contributed by atoms with Gasteiger partial charge in [0, 0.05) is 24.6 Å². The molecule has 0 fully saturated rings. The maximum absolute atomic E-state index is 12.6. The number of anilines is 2. The number of hydrogen-bond donors (Lipinski definition) is 2. The lowest BCUT2D eigenvalue weighted by atomic mass is 10.1. The second-order valence-electron chi connectivity index (χ2n) is 6.73. The maximum Gasteiger partial charge on any atom is 0.258 e. The zero-order chi connectivity index (χ0) is 19.8. The number of para-hydroxylation sites is 1. The molecule has 5 nitrogen and oxygen atoms in total. The van der Waals surface area contributed by atoms with Crippen molar-refractivity contribution in [3.05, 3.63) is 83.2 Å². The van der Waals surface area contributed by atoms with E-state index in [1.807, 2.05) is 31.2 Å². The lowest BCUT2D eigenvalue weighted by molar-refractivity contribution is 0.102. The van der Waals surface area contributed by atoms with Gasteiger partial charge < -0.3 is 10.6 Å². The molecule has 0 atom stereocenters. The van der Waals surface area contributed by atoms with Crippen LogP contribution in [0.1, 0.15) is 40.4 Å². The van der Waals surface area contributed by atoms with Gasteiger partial charge in [-0.2, -0.15) is 0 Å². The Hall–Kier alpha value is -3.21. The van der Waals surface area contributed by atoms with Gasteiger partial charge in [0.25, 0.3) is 5.91 Å². The minimum Gasteiger partial charge on any atom is -0.354 e. The fourth-order valence-electron chi connectivity index (χ4n) is 3.06. The monoisotopic (exact) mass is 374 g/mol. The molecule has 28 heavy (non-hydrogen) atoms. The minimum atomic E-state index is -0.195. The van der Waals surface area contributed by atoms with Crippen LogP contribution in [0.2, 0.25) is 0 Å². The third kappa shape index (κ3) is 5.16. The van der Waals surface area contributed by atoms with Crippen molar-refractivity contribution < 1.29 is 4.79 Å². The number of hydrogen-bond acceptors (Lipinski definition) is 4. The molecular formula is C23H26N4O. The highest BCUT2D eigenvalue weighted by molar-refractivity contribution is 6.04. The number of carbonyl (C=O) groups excluding carboxylic acids is 1. The fraction of sp³-hybridized carbons (Fsp3) is 0.261. The second-order valence-corrected chi connectivity index (χ2v) is 6.73. The van der Waals surface area contributed by atoms with Crippen molar-refractivity contribution in [2.75, 3.05) is 17.2 Å². The topological polar surface area (TPSA) is 66.9 Å². The summed E-state index contributed by atoms with van der Waals surface area (Å²) in [6.45, 7) is 4.85. The van der Waals surface area contributed by atoms with Crippen molar-refractivity contribution in [1.82, 2.24) is 9.97 Å². The van der Waals surface area contributed by atoms with Crippen molar-refractivity contribution in [3.8, 4) is 0 Å². The Morgan fingerprint density at radius 3 is 2.46 bits per heavy atom. The Morgan fingerprint density at radius 1 is 1.00 bits per heavy atom. The van der Waals surface area contributed by atoms with Crippen LogP contribution < -0.4 is 10.6 Å². The first kappa shape index (κ1) is 19.5. The van der Waals surface area contributed by atoms with Crippen LogP contribution in [0.5, 0.6) is 0 Å². The van der Waals surface area contributed by atoms with Gasteiger partial charge in [0.1, 0.15) is 0 Å². The number of carbonyl (C=O) groups is 1. The molecule has 0 bridgehead atoms. The van der Waals surface area contributed by atoms with E-state index in [1.54, 1.807) is 12.4 Å². The van der Waals surface area contributed by atoms with E-state index in [-0.39, 0.29) is 5.91 Å². The molecule has 5 heteroatoms. The van der Waals surface area contributed by atoms with Gasteiger partial charge in [-0.05, 0) is 42.9 Å². The number of aromatic nitrogens is 2. The fourth-order valence-corrected chi connectivity index (χ4v) is 3.06. The van der Waals surface area contributed by atoms with Gasteiger partial charge in [-0.25, -0.2) is 9.97 Å². The smallest absolute Gasteiger partial charge is 0.258 e. The van der Waals surface area contributed by atoms with E-state index >= 15 is 0 Å². The average molecular weight is 374 g/mol. The summed E-state index contributed by atoms with van der Waals surface area (Å²) in [4.78, 5) is 21.1. The van der Waals surface area contributed by atoms with Crippen LogP contribution in [0.4, 0.5) is 11.6 Å². The highest BCUT2D eigenvalue weighted by atomic mass is 16.1. The third-order valence-corrected chi connectivity index (χ3v) is 4.66. The second kappa shape index (κ2) is 9.65. The Bertz CT molecular complexity index is 908. The Kier molecular flexibility index (Phi) is 6.73. The number of nitrogens with zero attached hydrogens (tertiary/aromatic N) is 2. The van der Waals surface area contributed by atoms with Gasteiger partial charge in [-0.3, -0.25) is 4.79 Å². The molecule has 2 N–H and O–H groups in total. The molecule has 3 rings (SSSR count). The first-order valence-corrected chi connectivity index (χ1v) is 9.67. The quantitative estimate of drug-likeness (QED) is 0.564. The molecule has 0 aliphatic rings. The molecule has 1 aromatic heterocycles. The van der Waals surface area contributed by atoms with Crippen LogP contribution in [0, 0.1) is 6.92 Å². The maximum atomic E-state index is 12.6. The first-order valence-electron chi connectivity index (χ1n) is 9.67. The zero-order valence-corrected chi connectivity index (χ0v) is 16.4. The molecule has 1 heterocycles. The van der Waals surface area contributed by atoms with Crippen LogP contribution in [0.15, 0.2) is 60.9 Å². The Balaban J connectivity index is 1.53. The molecule has 0 aliphatic carbocycles. The lowest BCUT2D eigenvalue weighted by Gasteiger charge is -2.13. The van der Waals surface area contributed by atoms with Gasteiger partial charge in [-0.15, -0.1) is 0 Å². The molecule has 0 spiro atoms. The summed E-state index contributed by atoms with van der Waals surface area (Å²) < 4.78 is 0. The minimum absolute atomic E-state index is 0.195. The summed E-state index contributed by atoms with van der Waals surface area (Å²) in [7, 11) is 0. The van der Waals surface area contributed by atoms with Crippen LogP contribution in [0.3, 0.4) is 0 Å². The average Bonchev–Trinajstić information content (AvgIpc) is 2.74. The lowest BCUT2D eigenvalue weighted by Crippen LogP contribution is -2.15. The molecular weight excluding hydrogens is 348 g/mol. The molecule has 1 amide bonds. The highest BCUT2D eigenvalue weighted by Crippen LogP contribution is 2.21. The summed E-state index contributed by atoms with van der Waals surface area (Å²) in [6, 6.07) is 16.4. The zero-order valence-electron chi connectivity index (χ0n) is 16.4. The van der Waals surface area contributed by atoms with Crippen LogP contribution in [0.25, 0.3) is 0 Å². The normalized spacial score (nSPS) is 10.5. The van der Waals surface area contributed by atoms with E-state index in [4.69, 9.17) is 0 Å². The van der Waals surface area contributed by atoms with E-state index in [9.17, 15) is 4.79 Å². The largest absolute Gasteiger partial charge is 0.354 e. The Labute approximate surface area is 166 Å². The van der Waals surface area contributed by atoms with Crippen LogP contribution >= 0.6 is 0 Å². The van der Waals surface area contributed by atoms with Gasteiger partial charge >= 0.3 is 0 Å². The number of amides is 1. The van der Waals surface area contributed by atoms with Crippen molar-refractivity contribution in [2.24, 2.45) is 0 Å². The van der Waals surface area contributed by atoms with E-state index in [0.29, 0.717) is 11.5 Å². The number of aryl methyl sites for hydroxylation is 3. The van der Waals surface area contributed by atoms with Crippen molar-refractivity contribution >= 4 is 17.5 Å². The highest BCUT2D eigenvalue weighted by Gasteiger charge is 2.11.